The van der Waals surface area contributed by atoms with Gasteiger partial charge in [-0.2, -0.15) is 5.10 Å². The molecule has 1 aliphatic heterocycles. The molecule has 0 bridgehead atoms. The second-order valence-corrected chi connectivity index (χ2v) is 6.18. The topological polar surface area (TPSA) is 63.1 Å². The number of hydrogen-bond acceptors (Lipinski definition) is 4. The van der Waals surface area contributed by atoms with Gasteiger partial charge >= 0.3 is 0 Å². The Morgan fingerprint density at radius 2 is 2.00 bits per heavy atom. The first-order chi connectivity index (χ1) is 11.8. The predicted octanol–water partition coefficient (Wildman–Crippen LogP) is 2.48. The molecular formula is C18H25N5O. The zero-order valence-corrected chi connectivity index (χ0v) is 14.0. The minimum atomic E-state index is -0.0645. The van der Waals surface area contributed by atoms with Crippen molar-refractivity contribution in [3.8, 4) is 0 Å². The highest BCUT2D eigenvalue weighted by Gasteiger charge is 2.12. The lowest BCUT2D eigenvalue weighted by molar-refractivity contribution is 0.0952. The van der Waals surface area contributed by atoms with Crippen molar-refractivity contribution in [1.82, 2.24) is 20.1 Å². The number of pyridine rings is 1. The number of rotatable bonds is 6. The second kappa shape index (κ2) is 8.47. The third-order valence-corrected chi connectivity index (χ3v) is 4.35. The lowest BCUT2D eigenvalue weighted by Gasteiger charge is -2.21. The molecular weight excluding hydrogens is 302 g/mol. The molecule has 0 radical (unpaired) electrons. The molecule has 3 rings (SSSR count). The van der Waals surface area contributed by atoms with Crippen LogP contribution in [0.2, 0.25) is 0 Å². The van der Waals surface area contributed by atoms with Gasteiger partial charge in [-0.25, -0.2) is 4.98 Å². The van der Waals surface area contributed by atoms with E-state index in [-0.39, 0.29) is 5.91 Å². The van der Waals surface area contributed by atoms with Crippen LogP contribution in [-0.4, -0.2) is 40.3 Å². The van der Waals surface area contributed by atoms with Crippen molar-refractivity contribution in [3.63, 3.8) is 0 Å². The molecule has 0 spiro atoms. The van der Waals surface area contributed by atoms with Gasteiger partial charge in [0.15, 0.2) is 0 Å². The third-order valence-electron chi connectivity index (χ3n) is 4.35. The van der Waals surface area contributed by atoms with Crippen LogP contribution in [0.25, 0.3) is 0 Å². The molecule has 128 valence electrons. The van der Waals surface area contributed by atoms with Crippen molar-refractivity contribution in [2.75, 3.05) is 24.5 Å². The van der Waals surface area contributed by atoms with Gasteiger partial charge in [0.2, 0.25) is 0 Å². The molecule has 6 heteroatoms. The molecule has 0 aliphatic carbocycles. The fraction of sp³-hybridized carbons (Fsp3) is 0.500. The van der Waals surface area contributed by atoms with Gasteiger partial charge in [0.1, 0.15) is 5.82 Å². The molecule has 3 heterocycles. The summed E-state index contributed by atoms with van der Waals surface area (Å²) >= 11 is 0. The summed E-state index contributed by atoms with van der Waals surface area (Å²) in [6.07, 6.45) is 11.3. The van der Waals surface area contributed by atoms with Crippen LogP contribution in [0.5, 0.6) is 0 Å². The van der Waals surface area contributed by atoms with E-state index in [4.69, 9.17) is 0 Å². The van der Waals surface area contributed by atoms with E-state index in [0.29, 0.717) is 12.1 Å². The molecule has 6 nitrogen and oxygen atoms in total. The van der Waals surface area contributed by atoms with Crippen LogP contribution in [0.3, 0.4) is 0 Å². The number of nitrogens with zero attached hydrogens (tertiary/aromatic N) is 4. The summed E-state index contributed by atoms with van der Waals surface area (Å²) in [5.74, 6) is 0.914. The van der Waals surface area contributed by atoms with Crippen molar-refractivity contribution in [2.45, 2.75) is 38.6 Å². The number of anilines is 1. The number of carbonyl (C=O) groups excluding carboxylic acids is 1. The predicted molar refractivity (Wildman–Crippen MR) is 94.1 cm³/mol. The Balaban J connectivity index is 1.46. The first kappa shape index (κ1) is 16.5. The summed E-state index contributed by atoms with van der Waals surface area (Å²) in [5.41, 5.74) is 0.618. The average molecular weight is 327 g/mol. The molecule has 1 saturated heterocycles. The Morgan fingerprint density at radius 1 is 1.17 bits per heavy atom. The van der Waals surface area contributed by atoms with Crippen LogP contribution in [0.15, 0.2) is 36.8 Å². The summed E-state index contributed by atoms with van der Waals surface area (Å²) in [5, 5.41) is 7.08. The highest BCUT2D eigenvalue weighted by molar-refractivity contribution is 5.94. The summed E-state index contributed by atoms with van der Waals surface area (Å²) in [6, 6.07) is 5.73. The zero-order chi connectivity index (χ0) is 16.6. The lowest BCUT2D eigenvalue weighted by Crippen LogP contribution is -2.27. The SMILES string of the molecule is O=C(NCCCn1cccn1)c1ccc(N2CCCCCC2)nc1. The number of aromatic nitrogens is 3. The number of carbonyl (C=O) groups is 1. The maximum atomic E-state index is 12.2. The normalized spacial score (nSPS) is 15.1. The van der Waals surface area contributed by atoms with Gasteiger partial charge in [-0.1, -0.05) is 12.8 Å². The first-order valence-corrected chi connectivity index (χ1v) is 8.79. The van der Waals surface area contributed by atoms with Crippen LogP contribution >= 0.6 is 0 Å². The van der Waals surface area contributed by atoms with Crippen molar-refractivity contribution in [2.24, 2.45) is 0 Å². The first-order valence-electron chi connectivity index (χ1n) is 8.79. The average Bonchev–Trinajstić information content (AvgIpc) is 2.99. The highest BCUT2D eigenvalue weighted by Crippen LogP contribution is 2.17. The minimum Gasteiger partial charge on any atom is -0.357 e. The Kier molecular flexibility index (Phi) is 5.82. The van der Waals surface area contributed by atoms with Gasteiger partial charge in [-0.3, -0.25) is 9.48 Å². The maximum absolute atomic E-state index is 12.2. The molecule has 2 aromatic heterocycles. The number of hydrogen-bond donors (Lipinski definition) is 1. The molecule has 1 fully saturated rings. The van der Waals surface area contributed by atoms with Gasteiger partial charge < -0.3 is 10.2 Å². The van der Waals surface area contributed by atoms with Crippen LogP contribution in [-0.2, 0) is 6.54 Å². The maximum Gasteiger partial charge on any atom is 0.252 e. The Bertz CT molecular complexity index is 615. The van der Waals surface area contributed by atoms with Gasteiger partial charge in [0.25, 0.3) is 5.91 Å². The molecule has 0 atom stereocenters. The van der Waals surface area contributed by atoms with E-state index in [1.165, 1.54) is 25.7 Å². The number of amides is 1. The highest BCUT2D eigenvalue weighted by atomic mass is 16.1. The van der Waals surface area contributed by atoms with E-state index in [0.717, 1.165) is 31.9 Å². The number of nitrogens with one attached hydrogen (secondary N) is 1. The summed E-state index contributed by atoms with van der Waals surface area (Å²) < 4.78 is 1.86. The van der Waals surface area contributed by atoms with Crippen LogP contribution < -0.4 is 10.2 Å². The quantitative estimate of drug-likeness (QED) is 0.828. The number of aryl methyl sites for hydroxylation is 1. The Labute approximate surface area is 142 Å². The zero-order valence-electron chi connectivity index (χ0n) is 14.0. The van der Waals surface area contributed by atoms with E-state index in [2.05, 4.69) is 20.3 Å². The lowest BCUT2D eigenvalue weighted by atomic mass is 10.2. The van der Waals surface area contributed by atoms with E-state index in [1.54, 1.807) is 12.4 Å². The van der Waals surface area contributed by atoms with Gasteiger partial charge in [-0.05, 0) is 37.5 Å². The second-order valence-electron chi connectivity index (χ2n) is 6.18. The molecule has 24 heavy (non-hydrogen) atoms. The van der Waals surface area contributed by atoms with E-state index in [1.807, 2.05) is 29.1 Å². The largest absolute Gasteiger partial charge is 0.357 e. The summed E-state index contributed by atoms with van der Waals surface area (Å²) in [7, 11) is 0. The van der Waals surface area contributed by atoms with Crippen LogP contribution in [0.4, 0.5) is 5.82 Å². The third kappa shape index (κ3) is 4.57. The molecule has 0 saturated carbocycles. The van der Waals surface area contributed by atoms with Gasteiger partial charge in [0, 0.05) is 44.8 Å². The van der Waals surface area contributed by atoms with Crippen molar-refractivity contribution >= 4 is 11.7 Å². The van der Waals surface area contributed by atoms with Crippen molar-refractivity contribution < 1.29 is 4.79 Å². The van der Waals surface area contributed by atoms with Crippen molar-refractivity contribution in [3.05, 3.63) is 42.4 Å². The van der Waals surface area contributed by atoms with E-state index < -0.39 is 0 Å². The van der Waals surface area contributed by atoms with E-state index >= 15 is 0 Å². The smallest absolute Gasteiger partial charge is 0.252 e. The molecule has 1 N–H and O–H groups in total. The van der Waals surface area contributed by atoms with Gasteiger partial charge in [0.05, 0.1) is 5.56 Å². The molecule has 1 aliphatic rings. The molecule has 0 aromatic carbocycles. The van der Waals surface area contributed by atoms with Crippen molar-refractivity contribution in [1.29, 1.82) is 0 Å². The monoisotopic (exact) mass is 327 g/mol. The van der Waals surface area contributed by atoms with Gasteiger partial charge in [-0.15, -0.1) is 0 Å². The molecule has 2 aromatic rings. The van der Waals surface area contributed by atoms with E-state index in [9.17, 15) is 4.79 Å². The molecule has 0 unspecified atom stereocenters. The Morgan fingerprint density at radius 3 is 2.67 bits per heavy atom. The molecule has 1 amide bonds. The van der Waals surface area contributed by atoms with Crippen LogP contribution in [0, 0.1) is 0 Å². The summed E-state index contributed by atoms with van der Waals surface area (Å²) in [4.78, 5) is 19.0. The fourth-order valence-corrected chi connectivity index (χ4v) is 2.98. The minimum absolute atomic E-state index is 0.0645. The Hall–Kier alpha value is -2.37. The van der Waals surface area contributed by atoms with Crippen LogP contribution in [0.1, 0.15) is 42.5 Å². The summed E-state index contributed by atoms with van der Waals surface area (Å²) in [6.45, 7) is 3.56. The fourth-order valence-electron chi connectivity index (χ4n) is 2.98. The standard InChI is InChI=1S/C18H25N5O/c24-18(19-9-5-13-23-14-6-10-21-23)16-7-8-17(20-15-16)22-11-3-1-2-4-12-22/h6-8,10,14-15H,1-5,9,11-13H2,(H,19,24).